The van der Waals surface area contributed by atoms with Gasteiger partial charge in [0.15, 0.2) is 5.11 Å². The molecule has 0 spiro atoms. The lowest BCUT2D eigenvalue weighted by Gasteiger charge is -2.27. The third-order valence-electron chi connectivity index (χ3n) is 3.40. The molecule has 0 radical (unpaired) electrons. The molecule has 9 heteroatoms. The lowest BCUT2D eigenvalue weighted by Crippen LogP contribution is -2.44. The number of hydrogen-bond acceptors (Lipinski definition) is 6. The molecular weight excluding hydrogens is 350 g/mol. The van der Waals surface area contributed by atoms with Crippen LogP contribution in [0.3, 0.4) is 0 Å². The van der Waals surface area contributed by atoms with E-state index in [2.05, 4.69) is 22.4 Å². The Hall–Kier alpha value is -1.19. The summed E-state index contributed by atoms with van der Waals surface area (Å²) >= 11 is 9.73. The van der Waals surface area contributed by atoms with E-state index < -0.39 is 8.80 Å². The maximum absolute atomic E-state index is 5.84. The van der Waals surface area contributed by atoms with E-state index in [9.17, 15) is 0 Å². The predicted molar refractivity (Wildman–Crippen MR) is 101 cm³/mol. The van der Waals surface area contributed by atoms with Gasteiger partial charge in [0, 0.05) is 39.6 Å². The quantitative estimate of drug-likeness (QED) is 0.406. The summed E-state index contributed by atoms with van der Waals surface area (Å²) in [5.41, 5.74) is 7.46. The zero-order chi connectivity index (χ0) is 17.3. The van der Waals surface area contributed by atoms with Crippen LogP contribution in [0.4, 0.5) is 11.4 Å². The second-order valence-corrected chi connectivity index (χ2v) is 8.30. The number of benzene rings is 1. The molecule has 0 aliphatic rings. The highest BCUT2D eigenvalue weighted by molar-refractivity contribution is 7.80. The van der Waals surface area contributed by atoms with Crippen molar-refractivity contribution in [3.63, 3.8) is 0 Å². The fourth-order valence-electron chi connectivity index (χ4n) is 2.14. The Morgan fingerprint density at radius 3 is 2.22 bits per heavy atom. The first-order valence-corrected chi connectivity index (χ1v) is 9.67. The number of nitrogens with two attached hydrogens (primary N) is 1. The molecule has 0 atom stereocenters. The Bertz CT molecular complexity index is 553. The van der Waals surface area contributed by atoms with E-state index in [1.54, 1.807) is 21.3 Å². The van der Waals surface area contributed by atoms with E-state index in [4.69, 9.17) is 31.2 Å². The molecule has 0 amide bonds. The minimum atomic E-state index is -2.59. The van der Waals surface area contributed by atoms with Crippen molar-refractivity contribution in [2.45, 2.75) is 12.5 Å². The summed E-state index contributed by atoms with van der Waals surface area (Å²) in [7, 11) is 2.21. The molecule has 0 saturated carbocycles. The number of isothiocyanates is 1. The normalized spacial score (nSPS) is 10.9. The van der Waals surface area contributed by atoms with Crippen LogP contribution in [0.1, 0.15) is 6.42 Å². The Morgan fingerprint density at radius 1 is 1.22 bits per heavy atom. The van der Waals surface area contributed by atoms with Gasteiger partial charge in [0.25, 0.3) is 0 Å². The molecule has 126 valence electrons. The lowest BCUT2D eigenvalue weighted by atomic mass is 10.2. The van der Waals surface area contributed by atoms with Crippen molar-refractivity contribution in [3.05, 3.63) is 24.3 Å². The van der Waals surface area contributed by atoms with Gasteiger partial charge in [-0.05, 0) is 55.1 Å². The van der Waals surface area contributed by atoms with E-state index in [0.717, 1.165) is 17.8 Å². The van der Waals surface area contributed by atoms with Crippen LogP contribution < -0.4 is 10.6 Å². The van der Waals surface area contributed by atoms with E-state index >= 15 is 0 Å². The minimum Gasteiger partial charge on any atom is -0.377 e. The van der Waals surface area contributed by atoms with Gasteiger partial charge in [-0.15, -0.1) is 0 Å². The van der Waals surface area contributed by atoms with E-state index in [1.165, 1.54) is 0 Å². The highest BCUT2D eigenvalue weighted by Gasteiger charge is 2.37. The van der Waals surface area contributed by atoms with Crippen LogP contribution in [0.2, 0.25) is 6.04 Å². The molecular formula is C14H21N3O3S2Si. The monoisotopic (exact) mass is 371 g/mol. The molecule has 6 nitrogen and oxygen atoms in total. The first-order chi connectivity index (χ1) is 11.0. The summed E-state index contributed by atoms with van der Waals surface area (Å²) in [5, 5.41) is 2.63. The summed E-state index contributed by atoms with van der Waals surface area (Å²) in [6.45, 7) is 0.635. The zero-order valence-corrected chi connectivity index (χ0v) is 16.1. The third kappa shape index (κ3) is 5.74. The van der Waals surface area contributed by atoms with Gasteiger partial charge in [0.2, 0.25) is 0 Å². The molecule has 0 aliphatic carbocycles. The second kappa shape index (κ2) is 9.84. The summed E-state index contributed by atoms with van der Waals surface area (Å²) in [6.07, 6.45) is 0.763. The lowest BCUT2D eigenvalue weighted by molar-refractivity contribution is 0.123. The maximum Gasteiger partial charge on any atom is 0.500 e. The number of anilines is 1. The topological polar surface area (TPSA) is 69.3 Å². The average Bonchev–Trinajstić information content (AvgIpc) is 2.57. The number of thiocarbonyl (C=S) groups is 2. The fourth-order valence-corrected chi connectivity index (χ4v) is 4.14. The van der Waals surface area contributed by atoms with Crippen molar-refractivity contribution in [2.75, 3.05) is 32.8 Å². The molecule has 0 bridgehead atoms. The van der Waals surface area contributed by atoms with E-state index in [-0.39, 0.29) is 0 Å². The molecule has 1 rings (SSSR count). The Morgan fingerprint density at radius 2 is 1.78 bits per heavy atom. The predicted octanol–water partition coefficient (Wildman–Crippen LogP) is 2.74. The van der Waals surface area contributed by atoms with E-state index in [0.29, 0.717) is 17.7 Å². The molecule has 0 unspecified atom stereocenters. The maximum atomic E-state index is 5.84. The second-order valence-electron chi connectivity index (χ2n) is 4.61. The molecule has 23 heavy (non-hydrogen) atoms. The van der Waals surface area contributed by atoms with Crippen LogP contribution >= 0.6 is 24.4 Å². The molecule has 0 saturated heterocycles. The summed E-state index contributed by atoms with van der Waals surface area (Å²) in [6, 6.07) is 8.11. The van der Waals surface area contributed by atoms with Crippen LogP contribution in [0.5, 0.6) is 0 Å². The van der Waals surface area contributed by atoms with Crippen molar-refractivity contribution >= 4 is 54.9 Å². The van der Waals surface area contributed by atoms with Gasteiger partial charge in [0.1, 0.15) is 0 Å². The number of aliphatic imine (C=N–C) groups is 1. The van der Waals surface area contributed by atoms with Crippen LogP contribution in [0, 0.1) is 0 Å². The standard InChI is InChI=1S/C14H21N3O3S2Si/c1-18-23(19-2,20-3)10-4-9-17(14(15)22)13-7-5-12(6-8-13)16-11-21/h5-8H,4,9-10H2,1-3H3,(H2,15,22). The van der Waals surface area contributed by atoms with Gasteiger partial charge in [-0.1, -0.05) is 0 Å². The highest BCUT2D eigenvalue weighted by atomic mass is 32.1. The van der Waals surface area contributed by atoms with Crippen LogP contribution in [0.15, 0.2) is 29.3 Å². The SMILES string of the molecule is CO[Si](CCCN(C(N)=S)c1ccc(N=C=S)cc1)(OC)OC. The summed E-state index contributed by atoms with van der Waals surface area (Å²) in [4.78, 5) is 5.77. The molecule has 1 aromatic rings. The van der Waals surface area contributed by atoms with Gasteiger partial charge in [-0.2, -0.15) is 4.99 Å². The van der Waals surface area contributed by atoms with Gasteiger partial charge < -0.3 is 23.9 Å². The van der Waals surface area contributed by atoms with E-state index in [1.807, 2.05) is 29.2 Å². The molecule has 0 aliphatic heterocycles. The van der Waals surface area contributed by atoms with Gasteiger partial charge in [-0.3, -0.25) is 0 Å². The Balaban J connectivity index is 2.76. The molecule has 0 heterocycles. The van der Waals surface area contributed by atoms with Crippen molar-refractivity contribution in [3.8, 4) is 0 Å². The Labute approximate surface area is 148 Å². The third-order valence-corrected chi connectivity index (χ3v) is 6.54. The van der Waals surface area contributed by atoms with Crippen molar-refractivity contribution in [1.29, 1.82) is 0 Å². The van der Waals surface area contributed by atoms with Crippen LogP contribution in [0.25, 0.3) is 0 Å². The summed E-state index contributed by atoms with van der Waals surface area (Å²) < 4.78 is 16.2. The van der Waals surface area contributed by atoms with Crippen molar-refractivity contribution < 1.29 is 13.3 Å². The van der Waals surface area contributed by atoms with Crippen molar-refractivity contribution in [2.24, 2.45) is 10.7 Å². The molecule has 0 aromatic heterocycles. The van der Waals surface area contributed by atoms with Crippen molar-refractivity contribution in [1.82, 2.24) is 0 Å². The molecule has 0 fully saturated rings. The van der Waals surface area contributed by atoms with Crippen LogP contribution in [-0.4, -0.2) is 47.0 Å². The first kappa shape index (κ1) is 19.9. The largest absolute Gasteiger partial charge is 0.500 e. The molecule has 2 N–H and O–H groups in total. The Kier molecular flexibility index (Phi) is 8.49. The number of rotatable bonds is 9. The highest BCUT2D eigenvalue weighted by Crippen LogP contribution is 2.21. The van der Waals surface area contributed by atoms with Gasteiger partial charge >= 0.3 is 8.80 Å². The van der Waals surface area contributed by atoms with Gasteiger partial charge in [-0.25, -0.2) is 0 Å². The zero-order valence-electron chi connectivity index (χ0n) is 13.4. The smallest absolute Gasteiger partial charge is 0.377 e. The number of hydrogen-bond donors (Lipinski definition) is 1. The minimum absolute atomic E-state index is 0.301. The van der Waals surface area contributed by atoms with Gasteiger partial charge in [0.05, 0.1) is 10.8 Å². The average molecular weight is 372 g/mol. The summed E-state index contributed by atoms with van der Waals surface area (Å²) in [5.74, 6) is 0. The first-order valence-electron chi connectivity index (χ1n) is 6.92. The molecule has 1 aromatic carbocycles. The fraction of sp³-hybridized carbons (Fsp3) is 0.429. The number of nitrogens with zero attached hydrogens (tertiary/aromatic N) is 2. The van der Waals surface area contributed by atoms with Crippen LogP contribution in [-0.2, 0) is 13.3 Å².